The summed E-state index contributed by atoms with van der Waals surface area (Å²) in [7, 11) is 0. The molecule has 0 saturated heterocycles. The van der Waals surface area contributed by atoms with Crippen molar-refractivity contribution in [2.24, 2.45) is 0 Å². The molecule has 2 rings (SSSR count). The fourth-order valence-electron chi connectivity index (χ4n) is 2.04. The average Bonchev–Trinajstić information content (AvgIpc) is 2.45. The van der Waals surface area contributed by atoms with E-state index in [1.54, 1.807) is 12.1 Å². The van der Waals surface area contributed by atoms with Crippen LogP contribution in [0.5, 0.6) is 5.75 Å². The summed E-state index contributed by atoms with van der Waals surface area (Å²) >= 11 is 0. The monoisotopic (exact) mass is 270 g/mol. The molecule has 0 bridgehead atoms. The predicted molar refractivity (Wildman–Crippen MR) is 78.4 cm³/mol. The number of ether oxygens (including phenoxy) is 1. The van der Waals surface area contributed by atoms with Crippen molar-refractivity contribution < 1.29 is 14.6 Å². The molecule has 0 heterocycles. The Hall–Kier alpha value is -2.29. The molecule has 0 aliphatic carbocycles. The van der Waals surface area contributed by atoms with Crippen molar-refractivity contribution >= 4 is 5.97 Å². The minimum absolute atomic E-state index is 0.227. The van der Waals surface area contributed by atoms with Crippen molar-refractivity contribution in [3.8, 4) is 5.75 Å². The zero-order valence-corrected chi connectivity index (χ0v) is 11.5. The second-order valence-electron chi connectivity index (χ2n) is 4.74. The van der Waals surface area contributed by atoms with Gasteiger partial charge in [0.05, 0.1) is 6.61 Å². The van der Waals surface area contributed by atoms with Gasteiger partial charge in [0.15, 0.2) is 0 Å². The van der Waals surface area contributed by atoms with Crippen LogP contribution in [0.3, 0.4) is 0 Å². The minimum Gasteiger partial charge on any atom is -0.493 e. The van der Waals surface area contributed by atoms with Crippen molar-refractivity contribution in [1.29, 1.82) is 0 Å². The number of aryl methyl sites for hydroxylation is 2. The van der Waals surface area contributed by atoms with E-state index in [0.29, 0.717) is 12.4 Å². The van der Waals surface area contributed by atoms with Crippen LogP contribution in [0, 0.1) is 6.92 Å². The molecular formula is C17H18O3. The van der Waals surface area contributed by atoms with Crippen LogP contribution in [0.4, 0.5) is 0 Å². The van der Waals surface area contributed by atoms with E-state index in [1.165, 1.54) is 5.56 Å². The first-order chi connectivity index (χ1) is 9.66. The summed E-state index contributed by atoms with van der Waals surface area (Å²) in [5, 5.41) is 9.14. The van der Waals surface area contributed by atoms with Crippen LogP contribution in [0.25, 0.3) is 0 Å². The molecule has 0 aliphatic rings. The van der Waals surface area contributed by atoms with Crippen LogP contribution in [0.15, 0.2) is 48.5 Å². The van der Waals surface area contributed by atoms with Gasteiger partial charge in [-0.15, -0.1) is 0 Å². The van der Waals surface area contributed by atoms with Crippen LogP contribution in [-0.4, -0.2) is 17.7 Å². The van der Waals surface area contributed by atoms with E-state index in [0.717, 1.165) is 18.4 Å². The van der Waals surface area contributed by atoms with E-state index in [1.807, 2.05) is 31.2 Å². The fraction of sp³-hybridized carbons (Fsp3) is 0.235. The molecule has 0 spiro atoms. The maximum Gasteiger partial charge on any atom is 0.339 e. The molecule has 3 nitrogen and oxygen atoms in total. The summed E-state index contributed by atoms with van der Waals surface area (Å²) in [5.74, 6) is -0.511. The SMILES string of the molecule is Cc1ccc(OCCCc2ccccc2)c(C(=O)O)c1. The lowest BCUT2D eigenvalue weighted by Crippen LogP contribution is -2.05. The summed E-state index contributed by atoms with van der Waals surface area (Å²) in [6.07, 6.45) is 1.78. The van der Waals surface area contributed by atoms with Gasteiger partial charge in [0, 0.05) is 0 Å². The van der Waals surface area contributed by atoms with Gasteiger partial charge in [-0.2, -0.15) is 0 Å². The highest BCUT2D eigenvalue weighted by atomic mass is 16.5. The van der Waals surface area contributed by atoms with E-state index < -0.39 is 5.97 Å². The smallest absolute Gasteiger partial charge is 0.339 e. The molecule has 0 radical (unpaired) electrons. The van der Waals surface area contributed by atoms with Crippen molar-refractivity contribution in [3.05, 3.63) is 65.2 Å². The third kappa shape index (κ3) is 3.85. The Morgan fingerprint density at radius 1 is 1.15 bits per heavy atom. The highest BCUT2D eigenvalue weighted by Gasteiger charge is 2.11. The number of aromatic carboxylic acids is 1. The second kappa shape index (κ2) is 6.75. The van der Waals surface area contributed by atoms with Gasteiger partial charge >= 0.3 is 5.97 Å². The Balaban J connectivity index is 1.90. The first-order valence-corrected chi connectivity index (χ1v) is 6.67. The summed E-state index contributed by atoms with van der Waals surface area (Å²) < 4.78 is 5.59. The highest BCUT2D eigenvalue weighted by molar-refractivity contribution is 5.91. The van der Waals surface area contributed by atoms with Gasteiger partial charge < -0.3 is 9.84 Å². The maximum atomic E-state index is 11.1. The molecule has 20 heavy (non-hydrogen) atoms. The van der Waals surface area contributed by atoms with Crippen LogP contribution < -0.4 is 4.74 Å². The topological polar surface area (TPSA) is 46.5 Å². The molecule has 0 saturated carbocycles. The van der Waals surface area contributed by atoms with Crippen molar-refractivity contribution in [3.63, 3.8) is 0 Å². The van der Waals surface area contributed by atoms with Gasteiger partial charge in [-0.3, -0.25) is 0 Å². The van der Waals surface area contributed by atoms with E-state index >= 15 is 0 Å². The molecule has 0 unspecified atom stereocenters. The Morgan fingerprint density at radius 2 is 1.90 bits per heavy atom. The molecule has 0 aromatic heterocycles. The highest BCUT2D eigenvalue weighted by Crippen LogP contribution is 2.20. The largest absolute Gasteiger partial charge is 0.493 e. The van der Waals surface area contributed by atoms with E-state index in [-0.39, 0.29) is 5.56 Å². The van der Waals surface area contributed by atoms with E-state index in [4.69, 9.17) is 9.84 Å². The minimum atomic E-state index is -0.952. The van der Waals surface area contributed by atoms with Gasteiger partial charge in [-0.05, 0) is 37.5 Å². The third-order valence-corrected chi connectivity index (χ3v) is 3.08. The third-order valence-electron chi connectivity index (χ3n) is 3.08. The van der Waals surface area contributed by atoms with Crippen LogP contribution >= 0.6 is 0 Å². The molecule has 2 aromatic rings. The zero-order valence-electron chi connectivity index (χ0n) is 11.5. The molecular weight excluding hydrogens is 252 g/mol. The lowest BCUT2D eigenvalue weighted by molar-refractivity contribution is 0.0692. The number of carboxylic acid groups (broad SMARTS) is 1. The Labute approximate surface area is 118 Å². The summed E-state index contributed by atoms with van der Waals surface area (Å²) in [4.78, 5) is 11.1. The molecule has 2 aromatic carbocycles. The van der Waals surface area contributed by atoms with Crippen LogP contribution in [0.2, 0.25) is 0 Å². The number of carboxylic acids is 1. The Morgan fingerprint density at radius 3 is 2.60 bits per heavy atom. The molecule has 0 atom stereocenters. The molecule has 3 heteroatoms. The zero-order chi connectivity index (χ0) is 14.4. The summed E-state index contributed by atoms with van der Waals surface area (Å²) in [6, 6.07) is 15.4. The second-order valence-corrected chi connectivity index (χ2v) is 4.74. The number of carbonyl (C=O) groups is 1. The van der Waals surface area contributed by atoms with Gasteiger partial charge in [-0.25, -0.2) is 4.79 Å². The molecule has 0 amide bonds. The molecule has 104 valence electrons. The maximum absolute atomic E-state index is 11.1. The van der Waals surface area contributed by atoms with E-state index in [9.17, 15) is 4.79 Å². The van der Waals surface area contributed by atoms with Gasteiger partial charge in [0.25, 0.3) is 0 Å². The summed E-state index contributed by atoms with van der Waals surface area (Å²) in [5.41, 5.74) is 2.40. The van der Waals surface area contributed by atoms with Gasteiger partial charge in [0.1, 0.15) is 11.3 Å². The molecule has 0 fully saturated rings. The standard InChI is InChI=1S/C17H18O3/c1-13-9-10-16(15(12-13)17(18)19)20-11-5-8-14-6-3-2-4-7-14/h2-4,6-7,9-10,12H,5,8,11H2,1H3,(H,18,19). The lowest BCUT2D eigenvalue weighted by atomic mass is 10.1. The first-order valence-electron chi connectivity index (χ1n) is 6.67. The van der Waals surface area contributed by atoms with Crippen molar-refractivity contribution in [2.45, 2.75) is 19.8 Å². The number of hydrogen-bond donors (Lipinski definition) is 1. The Kier molecular flexibility index (Phi) is 4.77. The quantitative estimate of drug-likeness (QED) is 0.814. The lowest BCUT2D eigenvalue weighted by Gasteiger charge is -2.09. The number of rotatable bonds is 6. The molecule has 0 aliphatic heterocycles. The van der Waals surface area contributed by atoms with Crippen LogP contribution in [0.1, 0.15) is 27.9 Å². The Bertz CT molecular complexity index is 576. The van der Waals surface area contributed by atoms with Gasteiger partial charge in [-0.1, -0.05) is 42.0 Å². The van der Waals surface area contributed by atoms with Crippen molar-refractivity contribution in [2.75, 3.05) is 6.61 Å². The van der Waals surface area contributed by atoms with Gasteiger partial charge in [0.2, 0.25) is 0 Å². The first kappa shape index (κ1) is 14.1. The van der Waals surface area contributed by atoms with E-state index in [2.05, 4.69) is 12.1 Å². The van der Waals surface area contributed by atoms with Crippen molar-refractivity contribution in [1.82, 2.24) is 0 Å². The normalized spacial score (nSPS) is 10.2. The van der Waals surface area contributed by atoms with Crippen LogP contribution in [-0.2, 0) is 6.42 Å². The fourth-order valence-corrected chi connectivity index (χ4v) is 2.04. The molecule has 1 N–H and O–H groups in total. The predicted octanol–water partition coefficient (Wildman–Crippen LogP) is 3.70. The number of hydrogen-bond acceptors (Lipinski definition) is 2. The number of benzene rings is 2. The average molecular weight is 270 g/mol. The summed E-state index contributed by atoms with van der Waals surface area (Å²) in [6.45, 7) is 2.38.